The third-order valence-corrected chi connectivity index (χ3v) is 4.09. The summed E-state index contributed by atoms with van der Waals surface area (Å²) in [5, 5.41) is 4.19. The van der Waals surface area contributed by atoms with E-state index in [-0.39, 0.29) is 0 Å². The van der Waals surface area contributed by atoms with Gasteiger partial charge in [-0.05, 0) is 38.8 Å². The van der Waals surface area contributed by atoms with Crippen LogP contribution in [-0.4, -0.2) is 36.6 Å². The first-order valence-electron chi connectivity index (χ1n) is 6.56. The van der Waals surface area contributed by atoms with E-state index in [1.54, 1.807) is 0 Å². The lowest BCUT2D eigenvalue weighted by Crippen LogP contribution is -2.46. The van der Waals surface area contributed by atoms with E-state index in [2.05, 4.69) is 16.8 Å². The second-order valence-corrected chi connectivity index (χ2v) is 5.68. The van der Waals surface area contributed by atoms with Crippen LogP contribution in [0.1, 0.15) is 38.5 Å². The molecule has 3 heteroatoms. The SMILES string of the molecule is C=C(Cl)CNC1CCN(C2CCCC2)CC1. The van der Waals surface area contributed by atoms with Crippen LogP contribution in [0.5, 0.6) is 0 Å². The van der Waals surface area contributed by atoms with Crippen molar-refractivity contribution in [3.05, 3.63) is 11.6 Å². The Morgan fingerprint density at radius 1 is 1.19 bits per heavy atom. The molecule has 1 N–H and O–H groups in total. The molecule has 1 aliphatic heterocycles. The largest absolute Gasteiger partial charge is 0.309 e. The number of piperidine rings is 1. The molecule has 16 heavy (non-hydrogen) atoms. The maximum absolute atomic E-state index is 5.76. The molecular formula is C13H23ClN2. The number of likely N-dealkylation sites (tertiary alicyclic amines) is 1. The number of hydrogen-bond donors (Lipinski definition) is 1. The molecule has 0 aromatic carbocycles. The number of rotatable bonds is 4. The molecule has 0 aromatic heterocycles. The zero-order chi connectivity index (χ0) is 11.4. The van der Waals surface area contributed by atoms with E-state index in [9.17, 15) is 0 Å². The summed E-state index contributed by atoms with van der Waals surface area (Å²) < 4.78 is 0. The Morgan fingerprint density at radius 2 is 1.81 bits per heavy atom. The average molecular weight is 243 g/mol. The minimum atomic E-state index is 0.646. The predicted octanol–water partition coefficient (Wildman–Crippen LogP) is 2.74. The van der Waals surface area contributed by atoms with E-state index in [0.717, 1.165) is 17.6 Å². The van der Waals surface area contributed by atoms with Gasteiger partial charge in [0, 0.05) is 23.7 Å². The topological polar surface area (TPSA) is 15.3 Å². The Bertz CT molecular complexity index is 228. The Morgan fingerprint density at radius 3 is 2.38 bits per heavy atom. The van der Waals surface area contributed by atoms with Gasteiger partial charge in [0.05, 0.1) is 0 Å². The molecule has 1 saturated carbocycles. The molecule has 2 aliphatic rings. The molecule has 2 nitrogen and oxygen atoms in total. The highest BCUT2D eigenvalue weighted by Gasteiger charge is 2.26. The Hall–Kier alpha value is -0.0500. The Balaban J connectivity index is 1.67. The molecule has 92 valence electrons. The molecule has 0 unspecified atom stereocenters. The Labute approximate surface area is 104 Å². The fraction of sp³-hybridized carbons (Fsp3) is 0.846. The summed E-state index contributed by atoms with van der Waals surface area (Å²) in [5.74, 6) is 0. The maximum Gasteiger partial charge on any atom is 0.0310 e. The molecule has 1 aliphatic carbocycles. The van der Waals surface area contributed by atoms with E-state index >= 15 is 0 Å². The first-order valence-corrected chi connectivity index (χ1v) is 6.94. The van der Waals surface area contributed by atoms with Crippen molar-refractivity contribution in [3.63, 3.8) is 0 Å². The van der Waals surface area contributed by atoms with Gasteiger partial charge in [0.1, 0.15) is 0 Å². The van der Waals surface area contributed by atoms with Crippen LogP contribution < -0.4 is 5.32 Å². The lowest BCUT2D eigenvalue weighted by atomic mass is 10.0. The van der Waals surface area contributed by atoms with Crippen LogP contribution in [-0.2, 0) is 0 Å². The molecule has 0 spiro atoms. The van der Waals surface area contributed by atoms with Crippen LogP contribution in [0.3, 0.4) is 0 Å². The first kappa shape index (κ1) is 12.4. The third-order valence-electron chi connectivity index (χ3n) is 3.95. The molecule has 0 atom stereocenters. The van der Waals surface area contributed by atoms with E-state index in [0.29, 0.717) is 6.04 Å². The van der Waals surface area contributed by atoms with Gasteiger partial charge < -0.3 is 10.2 Å². The van der Waals surface area contributed by atoms with Gasteiger partial charge in [-0.2, -0.15) is 0 Å². The molecule has 1 heterocycles. The fourth-order valence-corrected chi connectivity index (χ4v) is 3.07. The highest BCUT2D eigenvalue weighted by atomic mass is 35.5. The van der Waals surface area contributed by atoms with E-state index in [1.807, 2.05) is 0 Å². The van der Waals surface area contributed by atoms with Gasteiger partial charge in [0.2, 0.25) is 0 Å². The molecule has 0 bridgehead atoms. The molecule has 2 rings (SSSR count). The summed E-state index contributed by atoms with van der Waals surface area (Å²) >= 11 is 5.76. The van der Waals surface area contributed by atoms with E-state index in [1.165, 1.54) is 51.6 Å². The van der Waals surface area contributed by atoms with Crippen molar-refractivity contribution in [1.82, 2.24) is 10.2 Å². The van der Waals surface area contributed by atoms with Crippen LogP contribution in [0.4, 0.5) is 0 Å². The lowest BCUT2D eigenvalue weighted by Gasteiger charge is -2.36. The van der Waals surface area contributed by atoms with Crippen molar-refractivity contribution in [1.29, 1.82) is 0 Å². The molecule has 1 saturated heterocycles. The van der Waals surface area contributed by atoms with Crippen molar-refractivity contribution < 1.29 is 0 Å². The van der Waals surface area contributed by atoms with Crippen LogP contribution in [0.15, 0.2) is 11.6 Å². The number of nitrogens with one attached hydrogen (secondary N) is 1. The van der Waals surface area contributed by atoms with Crippen LogP contribution in [0.25, 0.3) is 0 Å². The molecule has 0 aromatic rings. The summed E-state index contributed by atoms with van der Waals surface area (Å²) in [6.07, 6.45) is 8.26. The summed E-state index contributed by atoms with van der Waals surface area (Å²) in [5.41, 5.74) is 0. The quantitative estimate of drug-likeness (QED) is 0.816. The van der Waals surface area contributed by atoms with Crippen molar-refractivity contribution in [2.75, 3.05) is 19.6 Å². The first-order chi connectivity index (χ1) is 7.75. The average Bonchev–Trinajstić information content (AvgIpc) is 2.80. The highest BCUT2D eigenvalue weighted by molar-refractivity contribution is 6.29. The van der Waals surface area contributed by atoms with E-state index < -0.39 is 0 Å². The monoisotopic (exact) mass is 242 g/mol. The second-order valence-electron chi connectivity index (χ2n) is 5.15. The van der Waals surface area contributed by atoms with Crippen LogP contribution in [0, 0.1) is 0 Å². The smallest absolute Gasteiger partial charge is 0.0310 e. The zero-order valence-corrected chi connectivity index (χ0v) is 10.8. The van der Waals surface area contributed by atoms with Gasteiger partial charge in [-0.25, -0.2) is 0 Å². The van der Waals surface area contributed by atoms with Crippen LogP contribution in [0.2, 0.25) is 0 Å². The molecule has 2 fully saturated rings. The van der Waals surface area contributed by atoms with Crippen molar-refractivity contribution in [2.45, 2.75) is 50.6 Å². The van der Waals surface area contributed by atoms with Crippen molar-refractivity contribution in [2.24, 2.45) is 0 Å². The fourth-order valence-electron chi connectivity index (χ4n) is 2.99. The lowest BCUT2D eigenvalue weighted by molar-refractivity contribution is 0.146. The third kappa shape index (κ3) is 3.47. The zero-order valence-electron chi connectivity index (χ0n) is 10.1. The molecule has 0 amide bonds. The minimum absolute atomic E-state index is 0.646. The predicted molar refractivity (Wildman–Crippen MR) is 69.8 cm³/mol. The van der Waals surface area contributed by atoms with Crippen molar-refractivity contribution >= 4 is 11.6 Å². The number of halogens is 1. The standard InChI is InChI=1S/C13H23ClN2/c1-11(14)10-15-12-6-8-16(9-7-12)13-4-2-3-5-13/h12-13,15H,1-10H2. The summed E-state index contributed by atoms with van der Waals surface area (Å²) in [4.78, 5) is 2.70. The second kappa shape index (κ2) is 6.04. The van der Waals surface area contributed by atoms with Gasteiger partial charge >= 0.3 is 0 Å². The minimum Gasteiger partial charge on any atom is -0.309 e. The van der Waals surface area contributed by atoms with Crippen LogP contribution >= 0.6 is 11.6 Å². The molecule has 0 radical (unpaired) electrons. The highest BCUT2D eigenvalue weighted by Crippen LogP contribution is 2.26. The van der Waals surface area contributed by atoms with Gasteiger partial charge in [0.25, 0.3) is 0 Å². The van der Waals surface area contributed by atoms with Gasteiger partial charge in [0.15, 0.2) is 0 Å². The van der Waals surface area contributed by atoms with Crippen molar-refractivity contribution in [3.8, 4) is 0 Å². The summed E-state index contributed by atoms with van der Waals surface area (Å²) in [6, 6.07) is 1.54. The number of nitrogens with zero attached hydrogens (tertiary/aromatic N) is 1. The summed E-state index contributed by atoms with van der Waals surface area (Å²) in [7, 11) is 0. The molecular weight excluding hydrogens is 220 g/mol. The van der Waals surface area contributed by atoms with Gasteiger partial charge in [-0.15, -0.1) is 0 Å². The van der Waals surface area contributed by atoms with E-state index in [4.69, 9.17) is 11.6 Å². The summed E-state index contributed by atoms with van der Waals surface area (Å²) in [6.45, 7) is 6.99. The number of hydrogen-bond acceptors (Lipinski definition) is 2. The normalized spacial score (nSPS) is 25.1. The maximum atomic E-state index is 5.76. The van der Waals surface area contributed by atoms with Gasteiger partial charge in [-0.3, -0.25) is 0 Å². The van der Waals surface area contributed by atoms with Gasteiger partial charge in [-0.1, -0.05) is 31.0 Å². The Kier molecular flexibility index (Phi) is 4.68.